The highest BCUT2D eigenvalue weighted by atomic mass is 14.3. The minimum atomic E-state index is 0.172. The largest absolute Gasteiger partial charge is 0.244 e. The Morgan fingerprint density at radius 1 is 0.283 bits per heavy atom. The molecule has 0 saturated carbocycles. The van der Waals surface area contributed by atoms with Gasteiger partial charge in [-0.15, -0.1) is 0 Å². The molecule has 0 spiro atoms. The summed E-state index contributed by atoms with van der Waals surface area (Å²) in [7, 11) is 0. The Bertz CT molecular complexity index is 3390. The first-order chi connectivity index (χ1) is 29.3. The van der Waals surface area contributed by atoms with Gasteiger partial charge in [0.25, 0.3) is 0 Å². The molecule has 0 aliphatic carbocycles. The third kappa shape index (κ3) is 3.88. The van der Waals surface area contributed by atoms with E-state index >= 15 is 0 Å². The van der Waals surface area contributed by atoms with E-state index in [2.05, 4.69) is 175 Å². The van der Waals surface area contributed by atoms with Crippen molar-refractivity contribution in [1.29, 1.82) is 0 Å². The molecule has 0 fully saturated rings. The Balaban J connectivity index is 1.27. The van der Waals surface area contributed by atoms with Crippen LogP contribution >= 0.6 is 0 Å². The molecule has 10 aromatic carbocycles. The number of hydrogen-bond donors (Lipinski definition) is 0. The molecule has 0 nitrogen and oxygen atoms in total. The van der Waals surface area contributed by atoms with Crippen molar-refractivity contribution in [3.8, 4) is 66.8 Å². The van der Waals surface area contributed by atoms with Crippen LogP contribution in [0.15, 0.2) is 133 Å². The Labute approximate surface area is 352 Å². The molecule has 0 atom stereocenters. The van der Waals surface area contributed by atoms with Crippen LogP contribution in [0, 0.1) is 41.5 Å². The summed E-state index contributed by atoms with van der Waals surface area (Å²) in [5.74, 6) is 0. The van der Waals surface area contributed by atoms with Gasteiger partial charge in [0, 0.05) is 0 Å². The van der Waals surface area contributed by atoms with Gasteiger partial charge in [-0.25, -0.2) is 0 Å². The molecule has 4 aliphatic rings. The molecule has 0 radical (unpaired) electrons. The second-order valence-corrected chi connectivity index (χ2v) is 18.6. The Morgan fingerprint density at radius 2 is 0.633 bits per heavy atom. The zero-order valence-electron chi connectivity index (χ0n) is 34.9. The molecular weight excluding hydrogens is 718 g/mol. The van der Waals surface area contributed by atoms with Crippen molar-refractivity contribution in [2.24, 2.45) is 0 Å². The van der Waals surface area contributed by atoms with Crippen LogP contribution in [-0.2, 0) is 0 Å². The predicted octanol–water partition coefficient (Wildman–Crippen LogP) is 10.7. The van der Waals surface area contributed by atoms with Crippen LogP contribution < -0.4 is 32.8 Å². The minimum absolute atomic E-state index is 0.172. The molecule has 60 heavy (non-hydrogen) atoms. The molecule has 0 aromatic heterocycles. The molecule has 4 aliphatic heterocycles. The smallest absolute Gasteiger partial charge is 0.0664 e. The third-order valence-corrected chi connectivity index (χ3v) is 15.2. The van der Waals surface area contributed by atoms with Crippen molar-refractivity contribution in [3.05, 3.63) is 167 Å². The van der Waals surface area contributed by atoms with Crippen LogP contribution in [0.25, 0.3) is 99.1 Å². The lowest BCUT2D eigenvalue weighted by Gasteiger charge is -2.33. The fourth-order valence-electron chi connectivity index (χ4n) is 13.4. The van der Waals surface area contributed by atoms with Gasteiger partial charge >= 0.3 is 0 Å². The average molecular weight is 759 g/mol. The number of aryl methyl sites for hydroxylation is 6. The van der Waals surface area contributed by atoms with E-state index in [-0.39, 0.29) is 13.4 Å². The highest BCUT2D eigenvalue weighted by Crippen LogP contribution is 2.52. The van der Waals surface area contributed by atoms with Crippen LogP contribution in [0.2, 0.25) is 0 Å². The minimum Gasteiger partial charge on any atom is -0.0664 e. The highest BCUT2D eigenvalue weighted by molar-refractivity contribution is 7.03. The monoisotopic (exact) mass is 758 g/mol. The maximum absolute atomic E-state index is 2.67. The summed E-state index contributed by atoms with van der Waals surface area (Å²) in [6.45, 7) is 14.1. The molecule has 0 saturated heterocycles. The Morgan fingerprint density at radius 3 is 1.03 bits per heavy atom. The van der Waals surface area contributed by atoms with Gasteiger partial charge in [0.05, 0.1) is 0 Å². The van der Waals surface area contributed by atoms with Gasteiger partial charge in [-0.2, -0.15) is 0 Å². The summed E-state index contributed by atoms with van der Waals surface area (Å²) in [5, 5.41) is 8.52. The topological polar surface area (TPSA) is 0 Å². The molecule has 0 amide bonds. The maximum Gasteiger partial charge on any atom is 0.244 e. The summed E-state index contributed by atoms with van der Waals surface area (Å²) < 4.78 is 0. The molecule has 278 valence electrons. The van der Waals surface area contributed by atoms with Crippen molar-refractivity contribution < 1.29 is 0 Å². The first-order valence-electron chi connectivity index (χ1n) is 21.7. The quantitative estimate of drug-likeness (QED) is 0.122. The molecule has 0 N–H and O–H groups in total. The number of rotatable bonds is 2. The van der Waals surface area contributed by atoms with Gasteiger partial charge in [-0.05, 0) is 175 Å². The van der Waals surface area contributed by atoms with E-state index < -0.39 is 0 Å². The van der Waals surface area contributed by atoms with Crippen LogP contribution in [0.4, 0.5) is 0 Å². The van der Waals surface area contributed by atoms with Gasteiger partial charge in [-0.3, -0.25) is 0 Å². The lowest BCUT2D eigenvalue weighted by atomic mass is 9.34. The molecule has 14 rings (SSSR count). The van der Waals surface area contributed by atoms with Gasteiger partial charge in [0.1, 0.15) is 0 Å². The van der Waals surface area contributed by atoms with Gasteiger partial charge in [0.15, 0.2) is 0 Å². The fourth-order valence-corrected chi connectivity index (χ4v) is 13.4. The van der Waals surface area contributed by atoms with Crippen molar-refractivity contribution in [1.82, 2.24) is 0 Å². The zero-order valence-corrected chi connectivity index (χ0v) is 34.9. The van der Waals surface area contributed by atoms with Crippen molar-refractivity contribution >= 4 is 78.5 Å². The van der Waals surface area contributed by atoms with Gasteiger partial charge in [-0.1, -0.05) is 165 Å². The summed E-state index contributed by atoms with van der Waals surface area (Å²) in [6, 6.07) is 52.8. The van der Waals surface area contributed by atoms with Crippen molar-refractivity contribution in [2.45, 2.75) is 41.5 Å². The number of benzene rings is 10. The summed E-state index contributed by atoms with van der Waals surface area (Å²) in [6.07, 6.45) is 0. The standard InChI is InChI=1S/C58H40B2/c1-29-21-31(3)51(32(4)22-29)43-25-41-39-17-11-15-37-35-13-8-10-20-48(35)60(57(37)39)50-28-46-44(52-33(5)23-30(2)24-34(52)6)26-42-40-18-12-16-38-36-14-7-9-19-47(36)59(58(38)40)49-27-45(43)55(53(41)50)56(46)54(42)49/h7-28H,1-6H3. The van der Waals surface area contributed by atoms with E-state index in [9.17, 15) is 0 Å². The van der Waals surface area contributed by atoms with Crippen molar-refractivity contribution in [3.63, 3.8) is 0 Å². The van der Waals surface area contributed by atoms with Crippen LogP contribution in [0.3, 0.4) is 0 Å². The van der Waals surface area contributed by atoms with Gasteiger partial charge in [0.2, 0.25) is 13.4 Å². The second kappa shape index (κ2) is 11.1. The zero-order chi connectivity index (χ0) is 40.0. The van der Waals surface area contributed by atoms with E-state index in [1.807, 2.05) is 0 Å². The first-order valence-corrected chi connectivity index (χ1v) is 21.7. The molecular formula is C58H40B2. The molecule has 2 heteroatoms. The first kappa shape index (κ1) is 33.2. The average Bonchev–Trinajstić information content (AvgIpc) is 3.76. The normalized spacial score (nSPS) is 13.4. The van der Waals surface area contributed by atoms with E-state index in [4.69, 9.17) is 0 Å². The summed E-state index contributed by atoms with van der Waals surface area (Å²) in [5.41, 5.74) is 33.2. The molecule has 0 unspecified atom stereocenters. The molecule has 10 aromatic rings. The van der Waals surface area contributed by atoms with Crippen LogP contribution in [-0.4, -0.2) is 13.4 Å². The van der Waals surface area contributed by atoms with E-state index in [0.29, 0.717) is 0 Å². The maximum atomic E-state index is 2.67. The summed E-state index contributed by atoms with van der Waals surface area (Å²) >= 11 is 0. The Kier molecular flexibility index (Phi) is 6.17. The third-order valence-electron chi connectivity index (χ3n) is 15.2. The van der Waals surface area contributed by atoms with Crippen LogP contribution in [0.1, 0.15) is 33.4 Å². The predicted molar refractivity (Wildman–Crippen MR) is 260 cm³/mol. The fraction of sp³-hybridized carbons (Fsp3) is 0.103. The number of hydrogen-bond acceptors (Lipinski definition) is 0. The second-order valence-electron chi connectivity index (χ2n) is 18.6. The number of fused-ring (bicyclic) bond motifs is 10. The lowest BCUT2D eigenvalue weighted by molar-refractivity contribution is 1.32. The Hall–Kier alpha value is -6.63. The lowest BCUT2D eigenvalue weighted by Crippen LogP contribution is -2.52. The summed E-state index contributed by atoms with van der Waals surface area (Å²) in [4.78, 5) is 0. The van der Waals surface area contributed by atoms with Gasteiger partial charge < -0.3 is 0 Å². The SMILES string of the molecule is Cc1cc(C)c(-c2cc3c4c(cc5c(-c6c(C)cc(C)cc6C)cc6c7c(cc2c4c57)B2c4ccccc4-c4cccc-6c42)B2c4ccccc4-c4cccc-3c42)c(C)c1. The van der Waals surface area contributed by atoms with E-state index in [1.54, 1.807) is 0 Å². The van der Waals surface area contributed by atoms with E-state index in [1.165, 1.54) is 165 Å². The van der Waals surface area contributed by atoms with E-state index in [0.717, 1.165) is 0 Å². The van der Waals surface area contributed by atoms with Crippen LogP contribution in [0.5, 0.6) is 0 Å². The molecule has 0 bridgehead atoms. The highest BCUT2D eigenvalue weighted by Gasteiger charge is 2.44. The van der Waals surface area contributed by atoms with Crippen molar-refractivity contribution in [2.75, 3.05) is 0 Å². The molecule has 4 heterocycles.